The van der Waals surface area contributed by atoms with Crippen LogP contribution in [0.5, 0.6) is 0 Å². The topological polar surface area (TPSA) is 55.5 Å². The van der Waals surface area contributed by atoms with Crippen molar-refractivity contribution in [1.29, 1.82) is 0 Å². The lowest BCUT2D eigenvalue weighted by molar-refractivity contribution is 0.565. The van der Waals surface area contributed by atoms with Gasteiger partial charge in [-0.15, -0.1) is 0 Å². The molecular formula is C16H24N2O. The van der Waals surface area contributed by atoms with Crippen molar-refractivity contribution >= 4 is 17.5 Å². The number of hydrogen-bond acceptors (Lipinski definition) is 3. The first kappa shape index (κ1) is 15.5. The number of anilines is 1. The van der Waals surface area contributed by atoms with E-state index in [2.05, 4.69) is 52.6 Å². The van der Waals surface area contributed by atoms with Gasteiger partial charge in [0.2, 0.25) is 6.08 Å². The molecule has 0 aliphatic rings. The Labute approximate surface area is 115 Å². The van der Waals surface area contributed by atoms with Gasteiger partial charge in [-0.1, -0.05) is 47.6 Å². The van der Waals surface area contributed by atoms with Crippen LogP contribution in [0.3, 0.4) is 0 Å². The van der Waals surface area contributed by atoms with E-state index >= 15 is 0 Å². The van der Waals surface area contributed by atoms with Gasteiger partial charge in [0, 0.05) is 11.3 Å². The maximum absolute atomic E-state index is 10.7. The molecule has 19 heavy (non-hydrogen) atoms. The predicted molar refractivity (Wildman–Crippen MR) is 80.9 cm³/mol. The first-order valence-electron chi connectivity index (χ1n) is 6.85. The molecular weight excluding hydrogens is 236 g/mol. The van der Waals surface area contributed by atoms with Crippen LogP contribution >= 0.6 is 0 Å². The Morgan fingerprint density at radius 2 is 1.53 bits per heavy atom. The number of carbonyl (C=O) groups excluding carboxylic acids is 1. The molecule has 0 aliphatic heterocycles. The Morgan fingerprint density at radius 1 is 1.00 bits per heavy atom. The summed E-state index contributed by atoms with van der Waals surface area (Å²) in [5.74, 6) is 0.871. The predicted octanol–water partition coefficient (Wildman–Crippen LogP) is 4.61. The van der Waals surface area contributed by atoms with Crippen molar-refractivity contribution in [3.63, 3.8) is 0 Å². The summed E-state index contributed by atoms with van der Waals surface area (Å²) in [6.07, 6.45) is 1.67. The fourth-order valence-corrected chi connectivity index (χ4v) is 2.42. The minimum Gasteiger partial charge on any atom is -0.398 e. The molecule has 104 valence electrons. The van der Waals surface area contributed by atoms with Crippen molar-refractivity contribution in [3.05, 3.63) is 22.8 Å². The Kier molecular flexibility index (Phi) is 4.90. The van der Waals surface area contributed by atoms with E-state index in [-0.39, 0.29) is 5.92 Å². The third-order valence-corrected chi connectivity index (χ3v) is 3.42. The van der Waals surface area contributed by atoms with Gasteiger partial charge in [0.25, 0.3) is 0 Å². The van der Waals surface area contributed by atoms with Crippen LogP contribution in [0.4, 0.5) is 11.4 Å². The molecule has 0 saturated carbocycles. The second-order valence-corrected chi connectivity index (χ2v) is 5.90. The summed E-state index contributed by atoms with van der Waals surface area (Å²) in [6, 6.07) is 2.09. The lowest BCUT2D eigenvalue weighted by atomic mass is 9.86. The van der Waals surface area contributed by atoms with E-state index in [9.17, 15) is 4.79 Å². The van der Waals surface area contributed by atoms with Gasteiger partial charge in [-0.2, -0.15) is 4.99 Å². The standard InChI is InChI=1S/C16H24N2O/c1-9(2)12-7-13(10(3)4)16(18-8-19)14(11(5)6)15(12)17/h7,9-11H,17H2,1-6H3. The van der Waals surface area contributed by atoms with Crippen molar-refractivity contribution in [2.24, 2.45) is 4.99 Å². The summed E-state index contributed by atoms with van der Waals surface area (Å²) >= 11 is 0. The summed E-state index contributed by atoms with van der Waals surface area (Å²) in [5, 5.41) is 0. The molecule has 0 unspecified atom stereocenters. The van der Waals surface area contributed by atoms with Gasteiger partial charge in [0.15, 0.2) is 0 Å². The van der Waals surface area contributed by atoms with Gasteiger partial charge in [-0.3, -0.25) is 0 Å². The maximum Gasteiger partial charge on any atom is 0.240 e. The van der Waals surface area contributed by atoms with E-state index < -0.39 is 0 Å². The molecule has 0 aliphatic carbocycles. The zero-order chi connectivity index (χ0) is 14.7. The van der Waals surface area contributed by atoms with Crippen molar-refractivity contribution in [2.45, 2.75) is 59.3 Å². The molecule has 3 heteroatoms. The smallest absolute Gasteiger partial charge is 0.240 e. The van der Waals surface area contributed by atoms with Crippen LogP contribution in [-0.4, -0.2) is 6.08 Å². The van der Waals surface area contributed by atoms with Gasteiger partial charge in [-0.05, 0) is 28.9 Å². The normalized spacial score (nSPS) is 11.2. The molecule has 2 N–H and O–H groups in total. The fraction of sp³-hybridized carbons (Fsp3) is 0.562. The number of nitrogens with two attached hydrogens (primary N) is 1. The average Bonchev–Trinajstić information content (AvgIpc) is 2.27. The van der Waals surface area contributed by atoms with Gasteiger partial charge in [0.05, 0.1) is 5.69 Å². The summed E-state index contributed by atoms with van der Waals surface area (Å²) in [5.41, 5.74) is 11.0. The second-order valence-electron chi connectivity index (χ2n) is 5.90. The molecule has 0 bridgehead atoms. The number of nitrogens with zero attached hydrogens (tertiary/aromatic N) is 1. The third-order valence-electron chi connectivity index (χ3n) is 3.42. The first-order chi connectivity index (χ1) is 8.81. The lowest BCUT2D eigenvalue weighted by Crippen LogP contribution is -2.06. The summed E-state index contributed by atoms with van der Waals surface area (Å²) < 4.78 is 0. The zero-order valence-corrected chi connectivity index (χ0v) is 12.7. The number of hydrogen-bond donors (Lipinski definition) is 1. The number of nitrogen functional groups attached to an aromatic ring is 1. The Morgan fingerprint density at radius 3 is 1.89 bits per heavy atom. The van der Waals surface area contributed by atoms with Gasteiger partial charge in [0.1, 0.15) is 0 Å². The first-order valence-corrected chi connectivity index (χ1v) is 6.85. The van der Waals surface area contributed by atoms with Crippen LogP contribution in [0.25, 0.3) is 0 Å². The number of isocyanates is 1. The van der Waals surface area contributed by atoms with E-state index in [0.717, 1.165) is 22.4 Å². The number of rotatable bonds is 4. The van der Waals surface area contributed by atoms with Crippen molar-refractivity contribution in [3.8, 4) is 0 Å². The molecule has 0 radical (unpaired) electrons. The van der Waals surface area contributed by atoms with Crippen molar-refractivity contribution < 1.29 is 4.79 Å². The summed E-state index contributed by atoms with van der Waals surface area (Å²) in [4.78, 5) is 14.6. The highest BCUT2D eigenvalue weighted by Gasteiger charge is 2.21. The van der Waals surface area contributed by atoms with Crippen LogP contribution in [0.1, 0.15) is 76.0 Å². The Bertz CT molecular complexity index is 510. The van der Waals surface area contributed by atoms with E-state index in [4.69, 9.17) is 5.73 Å². The van der Waals surface area contributed by atoms with Gasteiger partial charge in [-0.25, -0.2) is 4.79 Å². The molecule has 0 amide bonds. The van der Waals surface area contributed by atoms with Crippen molar-refractivity contribution in [2.75, 3.05) is 5.73 Å². The molecule has 0 atom stereocenters. The molecule has 1 aromatic carbocycles. The minimum absolute atomic E-state index is 0.225. The Hall–Kier alpha value is -1.60. The number of aliphatic imine (C=N–C) groups is 1. The molecule has 3 nitrogen and oxygen atoms in total. The maximum atomic E-state index is 10.7. The van der Waals surface area contributed by atoms with Crippen molar-refractivity contribution in [1.82, 2.24) is 0 Å². The van der Waals surface area contributed by atoms with Gasteiger partial charge >= 0.3 is 0 Å². The highest BCUT2D eigenvalue weighted by atomic mass is 16.1. The van der Waals surface area contributed by atoms with Crippen LogP contribution in [0, 0.1) is 0 Å². The minimum atomic E-state index is 0.225. The van der Waals surface area contributed by atoms with Crippen LogP contribution < -0.4 is 5.73 Å². The molecule has 1 rings (SSSR count). The number of benzene rings is 1. The van der Waals surface area contributed by atoms with E-state index in [1.165, 1.54) is 0 Å². The zero-order valence-electron chi connectivity index (χ0n) is 12.7. The van der Waals surface area contributed by atoms with E-state index in [1.807, 2.05) is 0 Å². The molecule has 1 aromatic rings. The largest absolute Gasteiger partial charge is 0.398 e. The van der Waals surface area contributed by atoms with E-state index in [0.29, 0.717) is 17.5 Å². The summed E-state index contributed by atoms with van der Waals surface area (Å²) in [7, 11) is 0. The quantitative estimate of drug-likeness (QED) is 0.488. The monoisotopic (exact) mass is 260 g/mol. The van der Waals surface area contributed by atoms with Crippen LogP contribution in [0.15, 0.2) is 11.1 Å². The molecule has 0 heterocycles. The Balaban J connectivity index is 3.77. The SMILES string of the molecule is CC(C)c1cc(C(C)C)c(N=C=O)c(C(C)C)c1N. The molecule has 0 fully saturated rings. The summed E-state index contributed by atoms with van der Waals surface area (Å²) in [6.45, 7) is 12.6. The molecule has 0 saturated heterocycles. The lowest BCUT2D eigenvalue weighted by Gasteiger charge is -2.22. The third kappa shape index (κ3) is 3.05. The fourth-order valence-electron chi connectivity index (χ4n) is 2.42. The highest BCUT2D eigenvalue weighted by molar-refractivity contribution is 5.72. The van der Waals surface area contributed by atoms with Crippen LogP contribution in [-0.2, 0) is 4.79 Å². The van der Waals surface area contributed by atoms with Gasteiger partial charge < -0.3 is 5.73 Å². The van der Waals surface area contributed by atoms with E-state index in [1.54, 1.807) is 6.08 Å². The second kappa shape index (κ2) is 6.03. The van der Waals surface area contributed by atoms with Crippen LogP contribution in [0.2, 0.25) is 0 Å². The molecule has 0 spiro atoms. The molecule has 0 aromatic heterocycles. The average molecular weight is 260 g/mol. The highest BCUT2D eigenvalue weighted by Crippen LogP contribution is 2.42.